The Morgan fingerprint density at radius 1 is 0.929 bits per heavy atom. The molecule has 3 aromatic rings. The Bertz CT molecular complexity index is 981. The number of anilines is 2. The summed E-state index contributed by atoms with van der Waals surface area (Å²) in [6, 6.07) is 16.3. The lowest BCUT2D eigenvalue weighted by atomic mass is 9.95. The van der Waals surface area contributed by atoms with Gasteiger partial charge in [-0.1, -0.05) is 55.3 Å². The van der Waals surface area contributed by atoms with Gasteiger partial charge in [0.1, 0.15) is 0 Å². The lowest BCUT2D eigenvalue weighted by Gasteiger charge is -2.13. The summed E-state index contributed by atoms with van der Waals surface area (Å²) in [5.74, 6) is 0.732. The van der Waals surface area contributed by atoms with Crippen LogP contribution in [0, 0.1) is 5.92 Å². The van der Waals surface area contributed by atoms with Crippen molar-refractivity contribution < 1.29 is 9.59 Å². The number of amides is 2. The van der Waals surface area contributed by atoms with E-state index >= 15 is 0 Å². The monoisotopic (exact) mass is 392 g/mol. The van der Waals surface area contributed by atoms with E-state index in [0.717, 1.165) is 42.8 Å². The topological polar surface area (TPSA) is 84.0 Å². The Morgan fingerprint density at radius 3 is 2.43 bits per heavy atom. The van der Waals surface area contributed by atoms with Crippen molar-refractivity contribution in [1.82, 2.24) is 9.36 Å². The molecule has 0 aliphatic heterocycles. The molecule has 0 bridgehead atoms. The van der Waals surface area contributed by atoms with Crippen molar-refractivity contribution >= 4 is 34.2 Å². The number of nitrogens with zero attached hydrogens (tertiary/aromatic N) is 2. The van der Waals surface area contributed by atoms with E-state index in [0.29, 0.717) is 22.2 Å². The van der Waals surface area contributed by atoms with Crippen molar-refractivity contribution in [2.24, 2.45) is 5.92 Å². The number of ketones is 1. The summed E-state index contributed by atoms with van der Waals surface area (Å²) in [6.45, 7) is 0. The highest BCUT2D eigenvalue weighted by Crippen LogP contribution is 2.30. The van der Waals surface area contributed by atoms with Crippen LogP contribution in [0.3, 0.4) is 0 Å². The molecule has 6 nitrogen and oxygen atoms in total. The largest absolute Gasteiger partial charge is 0.325 e. The minimum absolute atomic E-state index is 0.0580. The lowest BCUT2D eigenvalue weighted by Crippen LogP contribution is -2.22. The highest BCUT2D eigenvalue weighted by atomic mass is 32.1. The van der Waals surface area contributed by atoms with Crippen LogP contribution in [0.15, 0.2) is 54.6 Å². The molecular weight excluding hydrogens is 372 g/mol. The second-order valence-electron chi connectivity index (χ2n) is 6.76. The van der Waals surface area contributed by atoms with Gasteiger partial charge < -0.3 is 5.32 Å². The third-order valence-electron chi connectivity index (χ3n) is 4.85. The number of nitrogens with one attached hydrogen (secondary N) is 2. The van der Waals surface area contributed by atoms with Crippen molar-refractivity contribution in [3.05, 3.63) is 60.2 Å². The molecule has 0 saturated heterocycles. The molecule has 1 aliphatic carbocycles. The minimum Gasteiger partial charge on any atom is -0.307 e. The Hall–Kier alpha value is -3.06. The molecule has 28 heavy (non-hydrogen) atoms. The first-order chi connectivity index (χ1) is 13.7. The zero-order chi connectivity index (χ0) is 19.3. The first-order valence-electron chi connectivity index (χ1n) is 9.31. The molecule has 0 radical (unpaired) electrons. The molecule has 0 spiro atoms. The van der Waals surface area contributed by atoms with Crippen molar-refractivity contribution in [2.75, 3.05) is 10.6 Å². The van der Waals surface area contributed by atoms with E-state index in [1.807, 2.05) is 36.4 Å². The van der Waals surface area contributed by atoms with Crippen LogP contribution in [0.2, 0.25) is 0 Å². The van der Waals surface area contributed by atoms with Gasteiger partial charge in [0.25, 0.3) is 0 Å². The van der Waals surface area contributed by atoms with Gasteiger partial charge in [-0.3, -0.25) is 10.1 Å². The second-order valence-corrected chi connectivity index (χ2v) is 7.51. The summed E-state index contributed by atoms with van der Waals surface area (Å²) < 4.78 is 4.28. The first-order valence-corrected chi connectivity index (χ1v) is 10.1. The molecule has 1 saturated carbocycles. The SMILES string of the molecule is O=C(Nc1nc(-c2ccccc2)ns1)Nc1ccccc1C(=O)C1CCCC1. The highest BCUT2D eigenvalue weighted by Gasteiger charge is 2.25. The molecule has 2 amide bonds. The Labute approximate surface area is 167 Å². The average Bonchev–Trinajstić information content (AvgIpc) is 3.41. The maximum Gasteiger partial charge on any atom is 0.325 e. The molecule has 1 aromatic heterocycles. The van der Waals surface area contributed by atoms with E-state index in [4.69, 9.17) is 0 Å². The van der Waals surface area contributed by atoms with Crippen LogP contribution in [0.25, 0.3) is 11.4 Å². The van der Waals surface area contributed by atoms with Gasteiger partial charge in [-0.15, -0.1) is 0 Å². The maximum absolute atomic E-state index is 12.8. The van der Waals surface area contributed by atoms with Gasteiger partial charge in [-0.25, -0.2) is 4.79 Å². The van der Waals surface area contributed by atoms with Crippen molar-refractivity contribution in [3.8, 4) is 11.4 Å². The Morgan fingerprint density at radius 2 is 1.64 bits per heavy atom. The summed E-state index contributed by atoms with van der Waals surface area (Å²) >= 11 is 1.11. The summed E-state index contributed by atoms with van der Waals surface area (Å²) in [6.07, 6.45) is 4.03. The van der Waals surface area contributed by atoms with Crippen LogP contribution in [-0.4, -0.2) is 21.2 Å². The quantitative estimate of drug-likeness (QED) is 0.583. The van der Waals surface area contributed by atoms with Gasteiger partial charge in [-0.2, -0.15) is 9.36 Å². The van der Waals surface area contributed by atoms with E-state index in [9.17, 15) is 9.59 Å². The van der Waals surface area contributed by atoms with E-state index in [-0.39, 0.29) is 11.7 Å². The minimum atomic E-state index is -0.442. The van der Waals surface area contributed by atoms with E-state index in [1.165, 1.54) is 0 Å². The molecular formula is C21H20N4O2S. The average molecular weight is 392 g/mol. The number of Topliss-reactive ketones (excluding diaryl/α,β-unsaturated/α-hetero) is 1. The number of benzene rings is 2. The number of rotatable bonds is 5. The lowest BCUT2D eigenvalue weighted by molar-refractivity contribution is 0.0924. The molecule has 4 rings (SSSR count). The van der Waals surface area contributed by atoms with Crippen LogP contribution in [0.5, 0.6) is 0 Å². The molecule has 0 atom stereocenters. The smallest absolute Gasteiger partial charge is 0.307 e. The summed E-state index contributed by atoms with van der Waals surface area (Å²) in [7, 11) is 0. The molecule has 2 N–H and O–H groups in total. The van der Waals surface area contributed by atoms with Crippen molar-refractivity contribution in [3.63, 3.8) is 0 Å². The summed E-state index contributed by atoms with van der Waals surface area (Å²) in [4.78, 5) is 29.6. The second kappa shape index (κ2) is 8.31. The number of carbonyl (C=O) groups is 2. The van der Waals surface area contributed by atoms with Gasteiger partial charge >= 0.3 is 6.03 Å². The molecule has 1 heterocycles. The maximum atomic E-state index is 12.8. The van der Waals surface area contributed by atoms with Gasteiger partial charge in [0.15, 0.2) is 11.6 Å². The molecule has 0 unspecified atom stereocenters. The fourth-order valence-electron chi connectivity index (χ4n) is 3.44. The summed E-state index contributed by atoms with van der Waals surface area (Å²) in [5.41, 5.74) is 1.97. The third kappa shape index (κ3) is 4.09. The number of aromatic nitrogens is 2. The van der Waals surface area contributed by atoms with Crippen molar-refractivity contribution in [1.29, 1.82) is 0 Å². The fourth-order valence-corrected chi connectivity index (χ4v) is 4.03. The normalized spacial score (nSPS) is 14.0. The Kier molecular flexibility index (Phi) is 5.43. The molecule has 7 heteroatoms. The fraction of sp³-hybridized carbons (Fsp3) is 0.238. The van der Waals surface area contributed by atoms with Gasteiger partial charge in [-0.05, 0) is 25.0 Å². The number of hydrogen-bond donors (Lipinski definition) is 2. The molecule has 2 aromatic carbocycles. The van der Waals surface area contributed by atoms with Gasteiger partial charge in [0, 0.05) is 28.6 Å². The van der Waals surface area contributed by atoms with Crippen LogP contribution < -0.4 is 10.6 Å². The van der Waals surface area contributed by atoms with Gasteiger partial charge in [0.2, 0.25) is 5.13 Å². The zero-order valence-corrected chi connectivity index (χ0v) is 16.0. The zero-order valence-electron chi connectivity index (χ0n) is 15.2. The number of carbonyl (C=O) groups excluding carboxylic acids is 2. The first kappa shape index (κ1) is 18.3. The van der Waals surface area contributed by atoms with Crippen LogP contribution in [-0.2, 0) is 0 Å². The van der Waals surface area contributed by atoms with Crippen LogP contribution >= 0.6 is 11.5 Å². The van der Waals surface area contributed by atoms with E-state index in [2.05, 4.69) is 20.0 Å². The van der Waals surface area contributed by atoms with Crippen LogP contribution in [0.4, 0.5) is 15.6 Å². The highest BCUT2D eigenvalue weighted by molar-refractivity contribution is 7.10. The van der Waals surface area contributed by atoms with Crippen LogP contribution in [0.1, 0.15) is 36.0 Å². The van der Waals surface area contributed by atoms with E-state index < -0.39 is 6.03 Å². The Balaban J connectivity index is 1.45. The van der Waals surface area contributed by atoms with E-state index in [1.54, 1.807) is 18.2 Å². The van der Waals surface area contributed by atoms with Gasteiger partial charge in [0.05, 0.1) is 5.69 Å². The molecule has 142 valence electrons. The third-order valence-corrected chi connectivity index (χ3v) is 5.48. The molecule has 1 aliphatic rings. The number of urea groups is 1. The predicted octanol–water partition coefficient (Wildman–Crippen LogP) is 5.22. The number of para-hydroxylation sites is 1. The molecule has 1 fully saturated rings. The predicted molar refractivity (Wildman–Crippen MR) is 111 cm³/mol. The standard InChI is InChI=1S/C21H20N4O2S/c26-18(14-8-4-5-9-14)16-12-6-7-13-17(16)22-20(27)24-21-23-19(25-28-21)15-10-2-1-3-11-15/h1-3,6-7,10-14H,4-5,8-9H2,(H2,22,23,24,25,27). The number of hydrogen-bond acceptors (Lipinski definition) is 5. The van der Waals surface area contributed by atoms with Crippen molar-refractivity contribution in [2.45, 2.75) is 25.7 Å². The summed E-state index contributed by atoms with van der Waals surface area (Å²) in [5, 5.41) is 5.88.